The molecule has 4 heteroatoms. The van der Waals surface area contributed by atoms with Crippen molar-refractivity contribution in [3.05, 3.63) is 17.7 Å². The van der Waals surface area contributed by atoms with E-state index in [9.17, 15) is 4.79 Å². The Kier molecular flexibility index (Phi) is 3.55. The number of carbonyl (C=O) groups is 1. The van der Waals surface area contributed by atoms with Gasteiger partial charge in [-0.3, -0.25) is 4.79 Å². The summed E-state index contributed by atoms with van der Waals surface area (Å²) < 4.78 is 0. The fourth-order valence-corrected chi connectivity index (χ4v) is 3.39. The maximum atomic E-state index is 11.3. The molecule has 1 saturated heterocycles. The van der Waals surface area contributed by atoms with E-state index in [1.54, 1.807) is 0 Å². The molecule has 0 aliphatic carbocycles. The Bertz CT molecular complexity index is 509. The molecule has 0 bridgehead atoms. The monoisotopic (exact) mass is 273 g/mol. The maximum absolute atomic E-state index is 11.3. The van der Waals surface area contributed by atoms with E-state index in [0.29, 0.717) is 0 Å². The first kappa shape index (κ1) is 13.3. The van der Waals surface area contributed by atoms with Crippen LogP contribution in [0.5, 0.6) is 0 Å². The van der Waals surface area contributed by atoms with Crippen LogP contribution in [0.1, 0.15) is 38.2 Å². The van der Waals surface area contributed by atoms with E-state index in [4.69, 9.17) is 5.73 Å². The van der Waals surface area contributed by atoms with Crippen molar-refractivity contribution in [1.29, 1.82) is 0 Å². The number of nitrogen functional groups attached to an aromatic ring is 1. The zero-order chi connectivity index (χ0) is 14.1. The molecule has 1 aromatic rings. The van der Waals surface area contributed by atoms with E-state index in [0.717, 1.165) is 49.4 Å². The van der Waals surface area contributed by atoms with E-state index in [1.165, 1.54) is 24.8 Å². The zero-order valence-electron chi connectivity index (χ0n) is 12.1. The van der Waals surface area contributed by atoms with E-state index >= 15 is 0 Å². The van der Waals surface area contributed by atoms with Gasteiger partial charge in [0.2, 0.25) is 6.41 Å². The minimum Gasteiger partial charge on any atom is -0.397 e. The molecule has 0 spiro atoms. The van der Waals surface area contributed by atoms with E-state index in [1.807, 2.05) is 11.0 Å². The Morgan fingerprint density at radius 2 is 1.95 bits per heavy atom. The van der Waals surface area contributed by atoms with Gasteiger partial charge >= 0.3 is 0 Å². The zero-order valence-corrected chi connectivity index (χ0v) is 12.1. The summed E-state index contributed by atoms with van der Waals surface area (Å²) in [5.74, 6) is 0. The highest BCUT2D eigenvalue weighted by atomic mass is 16.1. The van der Waals surface area contributed by atoms with Gasteiger partial charge in [-0.1, -0.05) is 0 Å². The van der Waals surface area contributed by atoms with Crippen LogP contribution < -0.4 is 15.5 Å². The van der Waals surface area contributed by atoms with Gasteiger partial charge in [-0.05, 0) is 56.7 Å². The minimum atomic E-state index is 0.264. The van der Waals surface area contributed by atoms with Crippen LogP contribution in [0.25, 0.3) is 0 Å². The van der Waals surface area contributed by atoms with Gasteiger partial charge in [0.1, 0.15) is 0 Å². The Balaban J connectivity index is 1.97. The first-order valence-electron chi connectivity index (χ1n) is 7.61. The molecular weight excluding hydrogens is 250 g/mol. The van der Waals surface area contributed by atoms with Crippen LogP contribution in [0.15, 0.2) is 12.1 Å². The maximum Gasteiger partial charge on any atom is 0.214 e. The minimum absolute atomic E-state index is 0.264. The summed E-state index contributed by atoms with van der Waals surface area (Å²) in [5, 5.41) is 0. The summed E-state index contributed by atoms with van der Waals surface area (Å²) in [7, 11) is 0. The molecule has 0 radical (unpaired) electrons. The van der Waals surface area contributed by atoms with Crippen LogP contribution in [-0.2, 0) is 11.2 Å². The van der Waals surface area contributed by atoms with Gasteiger partial charge in [0.05, 0.1) is 11.4 Å². The Morgan fingerprint density at radius 3 is 2.65 bits per heavy atom. The molecule has 1 amide bonds. The number of amides is 1. The summed E-state index contributed by atoms with van der Waals surface area (Å²) in [4.78, 5) is 15.5. The Hall–Kier alpha value is -1.71. The largest absolute Gasteiger partial charge is 0.397 e. The number of aryl methyl sites for hydroxylation is 1. The van der Waals surface area contributed by atoms with Crippen LogP contribution in [0.2, 0.25) is 0 Å². The lowest BCUT2D eigenvalue weighted by Gasteiger charge is -2.35. The highest BCUT2D eigenvalue weighted by Crippen LogP contribution is 2.37. The van der Waals surface area contributed by atoms with Gasteiger partial charge in [-0.25, -0.2) is 0 Å². The summed E-state index contributed by atoms with van der Waals surface area (Å²) in [6.07, 6.45) is 6.79. The highest BCUT2D eigenvalue weighted by Gasteiger charge is 2.25. The second-order valence-corrected chi connectivity index (χ2v) is 5.99. The van der Waals surface area contributed by atoms with Gasteiger partial charge in [-0.15, -0.1) is 0 Å². The van der Waals surface area contributed by atoms with Crippen LogP contribution in [0.3, 0.4) is 0 Å². The molecule has 0 saturated carbocycles. The topological polar surface area (TPSA) is 49.6 Å². The number of nitrogens with two attached hydrogens (primary N) is 1. The summed E-state index contributed by atoms with van der Waals surface area (Å²) >= 11 is 0. The van der Waals surface area contributed by atoms with Crippen molar-refractivity contribution in [3.63, 3.8) is 0 Å². The highest BCUT2D eigenvalue weighted by molar-refractivity contribution is 5.84. The number of anilines is 3. The lowest BCUT2D eigenvalue weighted by atomic mass is 9.95. The van der Waals surface area contributed by atoms with Crippen LogP contribution in [0, 0.1) is 0 Å². The average molecular weight is 273 g/mol. The Labute approximate surface area is 120 Å². The first-order valence-corrected chi connectivity index (χ1v) is 7.61. The van der Waals surface area contributed by atoms with E-state index in [-0.39, 0.29) is 6.04 Å². The van der Waals surface area contributed by atoms with E-state index < -0.39 is 0 Å². The third-order valence-corrected chi connectivity index (χ3v) is 4.62. The van der Waals surface area contributed by atoms with Gasteiger partial charge in [0.25, 0.3) is 0 Å². The summed E-state index contributed by atoms with van der Waals surface area (Å²) in [5.41, 5.74) is 10.5. The second kappa shape index (κ2) is 5.35. The lowest BCUT2D eigenvalue weighted by Crippen LogP contribution is -2.36. The van der Waals surface area contributed by atoms with Gasteiger partial charge in [0, 0.05) is 24.8 Å². The molecule has 4 nitrogen and oxygen atoms in total. The molecule has 2 N–H and O–H groups in total. The second-order valence-electron chi connectivity index (χ2n) is 5.99. The fraction of sp³-hybridized carbons (Fsp3) is 0.562. The first-order chi connectivity index (χ1) is 9.70. The number of benzene rings is 1. The molecule has 0 aromatic heterocycles. The number of nitrogens with zero attached hydrogens (tertiary/aromatic N) is 2. The third kappa shape index (κ3) is 2.23. The molecule has 108 valence electrons. The smallest absolute Gasteiger partial charge is 0.214 e. The normalized spacial score (nSPS) is 22.6. The number of rotatable bonds is 2. The molecular formula is C16H23N3O. The van der Waals surface area contributed by atoms with Crippen molar-refractivity contribution in [2.24, 2.45) is 0 Å². The van der Waals surface area contributed by atoms with Crippen molar-refractivity contribution in [2.45, 2.75) is 45.1 Å². The molecule has 1 atom stereocenters. The van der Waals surface area contributed by atoms with Crippen molar-refractivity contribution in [3.8, 4) is 0 Å². The van der Waals surface area contributed by atoms with Crippen LogP contribution in [0.4, 0.5) is 17.1 Å². The van der Waals surface area contributed by atoms with Crippen molar-refractivity contribution >= 4 is 23.5 Å². The molecule has 2 aliphatic rings. The number of fused-ring (bicyclic) bond motifs is 1. The SMILES string of the molecule is CC1CCc2cc(N3CCCCC3)c(N)cc2N1C=O. The third-order valence-electron chi connectivity index (χ3n) is 4.62. The van der Waals surface area contributed by atoms with E-state index in [2.05, 4.69) is 17.9 Å². The van der Waals surface area contributed by atoms with Gasteiger partial charge < -0.3 is 15.5 Å². The molecule has 1 aromatic carbocycles. The lowest BCUT2D eigenvalue weighted by molar-refractivity contribution is -0.107. The molecule has 1 unspecified atom stereocenters. The van der Waals surface area contributed by atoms with Crippen molar-refractivity contribution in [1.82, 2.24) is 0 Å². The predicted molar refractivity (Wildman–Crippen MR) is 83.2 cm³/mol. The summed E-state index contributed by atoms with van der Waals surface area (Å²) in [6, 6.07) is 4.46. The van der Waals surface area contributed by atoms with Crippen molar-refractivity contribution in [2.75, 3.05) is 28.6 Å². The molecule has 2 aliphatic heterocycles. The predicted octanol–water partition coefficient (Wildman–Crippen LogP) is 2.56. The van der Waals surface area contributed by atoms with Gasteiger partial charge in [-0.2, -0.15) is 0 Å². The number of hydrogen-bond donors (Lipinski definition) is 1. The van der Waals surface area contributed by atoms with Crippen LogP contribution in [-0.4, -0.2) is 25.5 Å². The number of carbonyl (C=O) groups excluding carboxylic acids is 1. The molecule has 20 heavy (non-hydrogen) atoms. The molecule has 1 fully saturated rings. The quantitative estimate of drug-likeness (QED) is 0.665. The van der Waals surface area contributed by atoms with Gasteiger partial charge in [0.15, 0.2) is 0 Å². The summed E-state index contributed by atoms with van der Waals surface area (Å²) in [6.45, 7) is 4.28. The number of piperidine rings is 1. The molecule has 2 heterocycles. The average Bonchev–Trinajstić information content (AvgIpc) is 2.47. The standard InChI is InChI=1S/C16H23N3O/c1-12-5-6-13-9-16(18-7-3-2-4-8-18)14(17)10-15(13)19(12)11-20/h9-12H,2-8,17H2,1H3. The molecule has 3 rings (SSSR count). The van der Waals surface area contributed by atoms with Crippen molar-refractivity contribution < 1.29 is 4.79 Å². The Morgan fingerprint density at radius 1 is 1.20 bits per heavy atom. The van der Waals surface area contributed by atoms with Crippen LogP contribution >= 0.6 is 0 Å². The fourth-order valence-electron chi connectivity index (χ4n) is 3.39. The number of hydrogen-bond acceptors (Lipinski definition) is 3.